The predicted octanol–water partition coefficient (Wildman–Crippen LogP) is 4.69. The number of hydrogen-bond donors (Lipinski definition) is 2. The number of nitrogens with one attached hydrogen (secondary N) is 2. The minimum Gasteiger partial charge on any atom is -0.452 e. The fraction of sp³-hybridized carbons (Fsp3) is 0.316. The van der Waals surface area contributed by atoms with Crippen molar-refractivity contribution in [3.8, 4) is 0 Å². The number of halogens is 2. The molecule has 1 aromatic heterocycles. The Bertz CT molecular complexity index is 942. The van der Waals surface area contributed by atoms with E-state index in [1.807, 2.05) is 0 Å². The lowest BCUT2D eigenvalue weighted by Crippen LogP contribution is -2.22. The molecular formula is C19H18Cl2N2O4S. The summed E-state index contributed by atoms with van der Waals surface area (Å²) in [7, 11) is 0. The number of carbonyl (C=O) groups is 3. The monoisotopic (exact) mass is 440 g/mol. The van der Waals surface area contributed by atoms with Crippen molar-refractivity contribution in [3.05, 3.63) is 44.2 Å². The summed E-state index contributed by atoms with van der Waals surface area (Å²) in [5.41, 5.74) is 1.59. The molecule has 2 amide bonds. The van der Waals surface area contributed by atoms with Gasteiger partial charge in [0.05, 0.1) is 16.3 Å². The predicted molar refractivity (Wildman–Crippen MR) is 111 cm³/mol. The smallest absolute Gasteiger partial charge is 0.341 e. The SMILES string of the molecule is CC(=O)Nc1sc2c(c1C(=O)OCC(=O)Nc1cc(Cl)ccc1Cl)CCCC2. The van der Waals surface area contributed by atoms with E-state index in [4.69, 9.17) is 27.9 Å². The van der Waals surface area contributed by atoms with E-state index in [2.05, 4.69) is 10.6 Å². The summed E-state index contributed by atoms with van der Waals surface area (Å²) in [5, 5.41) is 6.48. The van der Waals surface area contributed by atoms with Crippen molar-refractivity contribution < 1.29 is 19.1 Å². The molecule has 148 valence electrons. The molecular weight excluding hydrogens is 423 g/mol. The van der Waals surface area contributed by atoms with E-state index in [1.54, 1.807) is 12.1 Å². The Morgan fingerprint density at radius 3 is 2.64 bits per heavy atom. The van der Waals surface area contributed by atoms with Gasteiger partial charge in [-0.2, -0.15) is 0 Å². The van der Waals surface area contributed by atoms with Crippen LogP contribution >= 0.6 is 34.5 Å². The number of benzene rings is 1. The molecule has 0 unspecified atom stereocenters. The van der Waals surface area contributed by atoms with Gasteiger partial charge in [-0.15, -0.1) is 11.3 Å². The van der Waals surface area contributed by atoms with Crippen LogP contribution in [0.2, 0.25) is 10.0 Å². The molecule has 0 saturated carbocycles. The number of rotatable bonds is 5. The van der Waals surface area contributed by atoms with E-state index in [0.29, 0.717) is 26.3 Å². The van der Waals surface area contributed by atoms with Gasteiger partial charge in [-0.1, -0.05) is 23.2 Å². The fourth-order valence-electron chi connectivity index (χ4n) is 3.01. The van der Waals surface area contributed by atoms with Crippen LogP contribution in [0.3, 0.4) is 0 Å². The Kier molecular flexibility index (Phi) is 6.59. The lowest BCUT2D eigenvalue weighted by atomic mass is 9.95. The summed E-state index contributed by atoms with van der Waals surface area (Å²) in [5.74, 6) is -1.43. The lowest BCUT2D eigenvalue weighted by Gasteiger charge is -2.13. The quantitative estimate of drug-likeness (QED) is 0.660. The molecule has 9 heteroatoms. The molecule has 0 fully saturated rings. The summed E-state index contributed by atoms with van der Waals surface area (Å²) >= 11 is 13.3. The number of hydrogen-bond acceptors (Lipinski definition) is 5. The maximum atomic E-state index is 12.7. The number of ether oxygens (including phenoxy) is 1. The molecule has 1 aromatic carbocycles. The zero-order valence-electron chi connectivity index (χ0n) is 15.1. The van der Waals surface area contributed by atoms with Crippen LogP contribution in [-0.2, 0) is 27.2 Å². The summed E-state index contributed by atoms with van der Waals surface area (Å²) in [6.07, 6.45) is 3.63. The van der Waals surface area contributed by atoms with Crippen LogP contribution in [0.1, 0.15) is 40.6 Å². The molecule has 1 aliphatic carbocycles. The van der Waals surface area contributed by atoms with Crippen molar-refractivity contribution in [1.82, 2.24) is 0 Å². The Hall–Kier alpha value is -2.09. The van der Waals surface area contributed by atoms with Crippen molar-refractivity contribution >= 4 is 63.0 Å². The number of anilines is 2. The zero-order valence-corrected chi connectivity index (χ0v) is 17.4. The highest BCUT2D eigenvalue weighted by Gasteiger charge is 2.27. The van der Waals surface area contributed by atoms with Gasteiger partial charge in [-0.25, -0.2) is 4.79 Å². The minimum atomic E-state index is -0.629. The standard InChI is InChI=1S/C19H18Cl2N2O4S/c1-10(24)22-18-17(12-4-2-3-5-15(12)28-18)19(26)27-9-16(25)23-14-8-11(20)6-7-13(14)21/h6-8H,2-5,9H2,1H3,(H,22,24)(H,23,25). The first kappa shape index (κ1) is 20.6. The maximum absolute atomic E-state index is 12.7. The van der Waals surface area contributed by atoms with Crippen molar-refractivity contribution in [2.75, 3.05) is 17.2 Å². The molecule has 6 nitrogen and oxygen atoms in total. The molecule has 0 radical (unpaired) electrons. The van der Waals surface area contributed by atoms with E-state index in [0.717, 1.165) is 36.1 Å². The van der Waals surface area contributed by atoms with Crippen LogP contribution in [-0.4, -0.2) is 24.4 Å². The summed E-state index contributed by atoms with van der Waals surface area (Å²) < 4.78 is 5.21. The molecule has 0 aliphatic heterocycles. The Labute approximate surface area is 176 Å². The molecule has 2 aromatic rings. The topological polar surface area (TPSA) is 84.5 Å². The molecule has 0 atom stereocenters. The van der Waals surface area contributed by atoms with Crippen LogP contribution in [0, 0.1) is 0 Å². The molecule has 3 rings (SSSR count). The van der Waals surface area contributed by atoms with Crippen molar-refractivity contribution in [3.63, 3.8) is 0 Å². The first-order valence-corrected chi connectivity index (χ1v) is 10.3. The average Bonchev–Trinajstić information content (AvgIpc) is 3.00. The molecule has 0 spiro atoms. The van der Waals surface area contributed by atoms with Crippen LogP contribution in [0.5, 0.6) is 0 Å². The van der Waals surface area contributed by atoms with E-state index < -0.39 is 18.5 Å². The third-order valence-electron chi connectivity index (χ3n) is 4.20. The molecule has 1 heterocycles. The number of carbonyl (C=O) groups excluding carboxylic acids is 3. The number of fused-ring (bicyclic) bond motifs is 1. The van der Waals surface area contributed by atoms with Crippen LogP contribution in [0.4, 0.5) is 10.7 Å². The van der Waals surface area contributed by atoms with Gasteiger partial charge in [0.2, 0.25) is 5.91 Å². The molecule has 0 bridgehead atoms. The largest absolute Gasteiger partial charge is 0.452 e. The van der Waals surface area contributed by atoms with Crippen LogP contribution in [0.25, 0.3) is 0 Å². The summed E-state index contributed by atoms with van der Waals surface area (Å²) in [4.78, 5) is 37.4. The van der Waals surface area contributed by atoms with Crippen LogP contribution in [0.15, 0.2) is 18.2 Å². The Balaban J connectivity index is 1.70. The fourth-order valence-corrected chi connectivity index (χ4v) is 4.67. The molecule has 0 saturated heterocycles. The third kappa shape index (κ3) is 4.84. The number of amides is 2. The summed E-state index contributed by atoms with van der Waals surface area (Å²) in [6.45, 7) is 0.905. The number of esters is 1. The van der Waals surface area contributed by atoms with Gasteiger partial charge in [-0.05, 0) is 49.4 Å². The van der Waals surface area contributed by atoms with E-state index in [9.17, 15) is 14.4 Å². The number of aryl methyl sites for hydroxylation is 1. The highest BCUT2D eigenvalue weighted by atomic mass is 35.5. The summed E-state index contributed by atoms with van der Waals surface area (Å²) in [6, 6.07) is 4.67. The molecule has 28 heavy (non-hydrogen) atoms. The second-order valence-corrected chi connectivity index (χ2v) is 8.29. The zero-order chi connectivity index (χ0) is 20.3. The Morgan fingerprint density at radius 2 is 1.89 bits per heavy atom. The maximum Gasteiger partial charge on any atom is 0.341 e. The van der Waals surface area contributed by atoms with Gasteiger partial charge < -0.3 is 15.4 Å². The second kappa shape index (κ2) is 8.94. The van der Waals surface area contributed by atoms with Gasteiger partial charge in [0, 0.05) is 16.8 Å². The van der Waals surface area contributed by atoms with Gasteiger partial charge in [-0.3, -0.25) is 9.59 Å². The van der Waals surface area contributed by atoms with E-state index >= 15 is 0 Å². The molecule has 2 N–H and O–H groups in total. The first-order valence-electron chi connectivity index (χ1n) is 8.69. The van der Waals surface area contributed by atoms with E-state index in [-0.39, 0.29) is 5.91 Å². The normalized spacial score (nSPS) is 12.8. The van der Waals surface area contributed by atoms with Gasteiger partial charge in [0.25, 0.3) is 5.91 Å². The van der Waals surface area contributed by atoms with Crippen molar-refractivity contribution in [1.29, 1.82) is 0 Å². The third-order valence-corrected chi connectivity index (χ3v) is 5.97. The van der Waals surface area contributed by atoms with Gasteiger partial charge >= 0.3 is 5.97 Å². The first-order chi connectivity index (χ1) is 13.3. The second-order valence-electron chi connectivity index (χ2n) is 6.34. The van der Waals surface area contributed by atoms with Gasteiger partial charge in [0.15, 0.2) is 6.61 Å². The van der Waals surface area contributed by atoms with Gasteiger partial charge in [0.1, 0.15) is 5.00 Å². The Morgan fingerprint density at radius 1 is 1.14 bits per heavy atom. The van der Waals surface area contributed by atoms with Crippen molar-refractivity contribution in [2.24, 2.45) is 0 Å². The van der Waals surface area contributed by atoms with Crippen molar-refractivity contribution in [2.45, 2.75) is 32.6 Å². The highest BCUT2D eigenvalue weighted by Crippen LogP contribution is 2.38. The minimum absolute atomic E-state index is 0.263. The molecule has 1 aliphatic rings. The van der Waals surface area contributed by atoms with E-state index in [1.165, 1.54) is 24.3 Å². The average molecular weight is 441 g/mol. The van der Waals surface area contributed by atoms with Crippen LogP contribution < -0.4 is 10.6 Å². The number of thiophene rings is 1. The highest BCUT2D eigenvalue weighted by molar-refractivity contribution is 7.17. The lowest BCUT2D eigenvalue weighted by molar-refractivity contribution is -0.119.